The lowest BCUT2D eigenvalue weighted by Crippen LogP contribution is -2.01. The smallest absolute Gasteiger partial charge is 0.226 e. The van der Waals surface area contributed by atoms with E-state index in [0.717, 1.165) is 10.0 Å². The third-order valence-corrected chi connectivity index (χ3v) is 2.60. The van der Waals surface area contributed by atoms with Gasteiger partial charge in [-0.3, -0.25) is 0 Å². The van der Waals surface area contributed by atoms with Crippen LogP contribution in [0.4, 0.5) is 11.8 Å². The molecule has 88 valence electrons. The van der Waals surface area contributed by atoms with Crippen molar-refractivity contribution in [1.29, 1.82) is 0 Å². The number of aryl methyl sites for hydroxylation is 1. The van der Waals surface area contributed by atoms with Crippen LogP contribution < -0.4 is 16.2 Å². The number of hydrogen-bond donors (Lipinski definition) is 2. The number of halogens is 1. The molecule has 1 aromatic carbocycles. The number of hydrogen-bond acceptors (Lipinski definition) is 5. The molecule has 0 amide bonds. The summed E-state index contributed by atoms with van der Waals surface area (Å²) in [5, 5.41) is 0. The fraction of sp³-hybridized carbons (Fsp3) is 0.0909. The van der Waals surface area contributed by atoms with E-state index in [4.69, 9.17) is 16.2 Å². The highest BCUT2D eigenvalue weighted by Crippen LogP contribution is 2.27. The molecule has 0 bridgehead atoms. The molecule has 0 saturated carbocycles. The van der Waals surface area contributed by atoms with Crippen LogP contribution in [0, 0.1) is 6.92 Å². The summed E-state index contributed by atoms with van der Waals surface area (Å²) in [5.41, 5.74) is 12.0. The Morgan fingerprint density at radius 1 is 1.18 bits per heavy atom. The zero-order valence-corrected chi connectivity index (χ0v) is 10.7. The normalized spacial score (nSPS) is 10.2. The predicted octanol–water partition coefficient (Wildman–Crippen LogP) is 2.50. The molecule has 0 fully saturated rings. The van der Waals surface area contributed by atoms with Crippen LogP contribution in [-0.2, 0) is 0 Å². The van der Waals surface area contributed by atoms with Crippen molar-refractivity contribution in [1.82, 2.24) is 9.97 Å². The van der Waals surface area contributed by atoms with Gasteiger partial charge in [0.25, 0.3) is 0 Å². The molecule has 5 nitrogen and oxygen atoms in total. The number of ether oxygens (including phenoxy) is 1. The summed E-state index contributed by atoms with van der Waals surface area (Å²) in [6.45, 7) is 1.94. The lowest BCUT2D eigenvalue weighted by molar-refractivity contribution is 0.459. The first-order chi connectivity index (χ1) is 8.04. The average molecular weight is 295 g/mol. The van der Waals surface area contributed by atoms with Crippen molar-refractivity contribution in [3.63, 3.8) is 0 Å². The molecule has 0 spiro atoms. The van der Waals surface area contributed by atoms with Crippen LogP contribution in [-0.4, -0.2) is 9.97 Å². The van der Waals surface area contributed by atoms with Crippen molar-refractivity contribution < 1.29 is 4.74 Å². The van der Waals surface area contributed by atoms with Gasteiger partial charge in [-0.2, -0.15) is 9.97 Å². The fourth-order valence-electron chi connectivity index (χ4n) is 1.31. The Morgan fingerprint density at radius 2 is 1.94 bits per heavy atom. The summed E-state index contributed by atoms with van der Waals surface area (Å²) in [7, 11) is 0. The van der Waals surface area contributed by atoms with Crippen LogP contribution in [0.25, 0.3) is 0 Å². The van der Waals surface area contributed by atoms with Crippen LogP contribution in [0.5, 0.6) is 11.6 Å². The molecular weight excluding hydrogens is 284 g/mol. The molecule has 0 atom stereocenters. The lowest BCUT2D eigenvalue weighted by Gasteiger charge is -2.08. The highest BCUT2D eigenvalue weighted by Gasteiger charge is 2.05. The van der Waals surface area contributed by atoms with E-state index in [0.29, 0.717) is 11.6 Å². The Balaban J connectivity index is 2.34. The molecule has 2 rings (SSSR count). The van der Waals surface area contributed by atoms with Gasteiger partial charge in [0.1, 0.15) is 11.6 Å². The van der Waals surface area contributed by atoms with Crippen LogP contribution in [0.3, 0.4) is 0 Å². The summed E-state index contributed by atoms with van der Waals surface area (Å²) in [4.78, 5) is 7.72. The van der Waals surface area contributed by atoms with Gasteiger partial charge in [0.2, 0.25) is 11.8 Å². The second-order valence-corrected chi connectivity index (χ2v) is 4.42. The molecule has 1 heterocycles. The number of nitrogen functional groups attached to an aromatic ring is 2. The molecule has 2 aromatic rings. The molecule has 4 N–H and O–H groups in total. The van der Waals surface area contributed by atoms with Crippen molar-refractivity contribution >= 4 is 27.7 Å². The second kappa shape index (κ2) is 4.58. The maximum absolute atomic E-state index is 5.61. The van der Waals surface area contributed by atoms with Crippen molar-refractivity contribution in [3.05, 3.63) is 34.3 Å². The van der Waals surface area contributed by atoms with E-state index in [9.17, 15) is 0 Å². The van der Waals surface area contributed by atoms with Crippen LogP contribution in [0.2, 0.25) is 0 Å². The second-order valence-electron chi connectivity index (χ2n) is 3.50. The fourth-order valence-corrected chi connectivity index (χ4v) is 1.65. The lowest BCUT2D eigenvalue weighted by atomic mass is 10.2. The number of rotatable bonds is 2. The first kappa shape index (κ1) is 11.7. The van der Waals surface area contributed by atoms with E-state index in [1.165, 1.54) is 6.07 Å². The summed E-state index contributed by atoms with van der Waals surface area (Å²) in [6.07, 6.45) is 0. The number of aromatic nitrogens is 2. The van der Waals surface area contributed by atoms with Gasteiger partial charge >= 0.3 is 0 Å². The highest BCUT2D eigenvalue weighted by molar-refractivity contribution is 9.10. The highest BCUT2D eigenvalue weighted by atomic mass is 79.9. The van der Waals surface area contributed by atoms with Crippen LogP contribution >= 0.6 is 15.9 Å². The molecule has 0 saturated heterocycles. The van der Waals surface area contributed by atoms with Crippen molar-refractivity contribution in [3.8, 4) is 11.6 Å². The maximum atomic E-state index is 5.61. The van der Waals surface area contributed by atoms with Crippen molar-refractivity contribution in [2.75, 3.05) is 11.5 Å². The Morgan fingerprint density at radius 3 is 2.65 bits per heavy atom. The topological polar surface area (TPSA) is 87.0 Å². The average Bonchev–Trinajstić information content (AvgIpc) is 2.22. The summed E-state index contributed by atoms with van der Waals surface area (Å²) < 4.78 is 6.53. The van der Waals surface area contributed by atoms with Gasteiger partial charge < -0.3 is 16.2 Å². The Labute approximate surface area is 107 Å². The number of nitrogens with two attached hydrogens (primary N) is 2. The molecule has 0 aliphatic rings. The third kappa shape index (κ3) is 2.85. The predicted molar refractivity (Wildman–Crippen MR) is 69.8 cm³/mol. The standard InChI is InChI=1S/C11H11BrN4O/c1-6-2-3-7(12)4-8(6)17-10-5-9(13)15-11(14)16-10/h2-5H,1H3,(H4,13,14,15,16). The van der Waals surface area contributed by atoms with Crippen molar-refractivity contribution in [2.45, 2.75) is 6.92 Å². The van der Waals surface area contributed by atoms with E-state index >= 15 is 0 Å². The van der Waals surface area contributed by atoms with Gasteiger partial charge in [-0.15, -0.1) is 0 Å². The quantitative estimate of drug-likeness (QED) is 0.888. The van der Waals surface area contributed by atoms with Gasteiger partial charge in [-0.1, -0.05) is 22.0 Å². The minimum Gasteiger partial charge on any atom is -0.438 e. The first-order valence-electron chi connectivity index (χ1n) is 4.88. The molecule has 1 aromatic heterocycles. The Kier molecular flexibility index (Phi) is 3.14. The van der Waals surface area contributed by atoms with Gasteiger partial charge in [-0.05, 0) is 24.6 Å². The maximum Gasteiger partial charge on any atom is 0.226 e. The first-order valence-corrected chi connectivity index (χ1v) is 5.68. The molecule has 0 aliphatic heterocycles. The van der Waals surface area contributed by atoms with E-state index in [1.807, 2.05) is 25.1 Å². The van der Waals surface area contributed by atoms with Gasteiger partial charge in [0, 0.05) is 10.5 Å². The van der Waals surface area contributed by atoms with E-state index in [1.54, 1.807) is 0 Å². The molecule has 6 heteroatoms. The number of benzene rings is 1. The Hall–Kier alpha value is -1.82. The molecule has 0 aliphatic carbocycles. The molecule has 0 radical (unpaired) electrons. The minimum atomic E-state index is 0.0904. The third-order valence-electron chi connectivity index (χ3n) is 2.10. The van der Waals surface area contributed by atoms with E-state index in [2.05, 4.69) is 25.9 Å². The summed E-state index contributed by atoms with van der Waals surface area (Å²) in [6, 6.07) is 7.25. The van der Waals surface area contributed by atoms with E-state index in [-0.39, 0.29) is 11.8 Å². The zero-order chi connectivity index (χ0) is 12.4. The minimum absolute atomic E-state index is 0.0904. The largest absolute Gasteiger partial charge is 0.438 e. The Bertz CT molecular complexity index is 539. The zero-order valence-electron chi connectivity index (χ0n) is 9.14. The van der Waals surface area contributed by atoms with Gasteiger partial charge in [0.15, 0.2) is 0 Å². The molecule has 0 unspecified atom stereocenters. The van der Waals surface area contributed by atoms with Crippen LogP contribution in [0.1, 0.15) is 5.56 Å². The van der Waals surface area contributed by atoms with Crippen LogP contribution in [0.15, 0.2) is 28.7 Å². The van der Waals surface area contributed by atoms with E-state index < -0.39 is 0 Å². The SMILES string of the molecule is Cc1ccc(Br)cc1Oc1cc(N)nc(N)n1. The van der Waals surface area contributed by atoms with Gasteiger partial charge in [0.05, 0.1) is 0 Å². The monoisotopic (exact) mass is 294 g/mol. The van der Waals surface area contributed by atoms with Crippen molar-refractivity contribution in [2.24, 2.45) is 0 Å². The molecular formula is C11H11BrN4O. The van der Waals surface area contributed by atoms with Gasteiger partial charge in [-0.25, -0.2) is 0 Å². The number of anilines is 2. The summed E-state index contributed by atoms with van der Waals surface area (Å²) in [5.74, 6) is 1.39. The number of nitrogens with zero attached hydrogens (tertiary/aromatic N) is 2. The molecule has 17 heavy (non-hydrogen) atoms. The summed E-state index contributed by atoms with van der Waals surface area (Å²) >= 11 is 3.38.